The number of Topliss-reactive ketones (excluding diaryl/α,β-unsaturated/α-hetero) is 1. The summed E-state index contributed by atoms with van der Waals surface area (Å²) in [6, 6.07) is 6.59. The zero-order valence-electron chi connectivity index (χ0n) is 11.3. The highest BCUT2D eigenvalue weighted by molar-refractivity contribution is 6.13. The van der Waals surface area contributed by atoms with Crippen LogP contribution in [0.5, 0.6) is 0 Å². The molecule has 0 spiro atoms. The van der Waals surface area contributed by atoms with Gasteiger partial charge in [0.2, 0.25) is 5.91 Å². The Bertz CT molecular complexity index is 608. The van der Waals surface area contributed by atoms with E-state index < -0.39 is 23.5 Å². The second-order valence-electron chi connectivity index (χ2n) is 4.82. The summed E-state index contributed by atoms with van der Waals surface area (Å²) in [4.78, 5) is 45.6. The van der Waals surface area contributed by atoms with E-state index in [-0.39, 0.29) is 23.8 Å². The fourth-order valence-electron chi connectivity index (χ4n) is 2.10. The van der Waals surface area contributed by atoms with Crippen LogP contribution in [0.1, 0.15) is 18.9 Å². The average Bonchev–Trinajstić information content (AvgIpc) is 2.68. The van der Waals surface area contributed by atoms with Gasteiger partial charge in [0.1, 0.15) is 11.7 Å². The van der Waals surface area contributed by atoms with Gasteiger partial charge in [0.15, 0.2) is 0 Å². The number of hydrogen-bond donors (Lipinski definition) is 2. The number of benzene rings is 1. The molecular weight excluding hydrogens is 276 g/mol. The van der Waals surface area contributed by atoms with Gasteiger partial charge in [-0.3, -0.25) is 24.4 Å². The molecule has 1 fully saturated rings. The van der Waals surface area contributed by atoms with Gasteiger partial charge in [-0.15, -0.1) is 0 Å². The Balaban J connectivity index is 2.01. The standard InChI is InChI=1S/C14H14N2O5/c1-8(17)15-10-4-2-9(3-5-10)6-12(18)11-7-13(19)16(21)14(11)20/h2-5,11,21H,6-7H2,1H3,(H,15,17). The van der Waals surface area contributed by atoms with E-state index >= 15 is 0 Å². The number of nitrogens with zero attached hydrogens (tertiary/aromatic N) is 1. The van der Waals surface area contributed by atoms with Crippen molar-refractivity contribution in [1.29, 1.82) is 0 Å². The first kappa shape index (κ1) is 14.9. The summed E-state index contributed by atoms with van der Waals surface area (Å²) >= 11 is 0. The molecule has 2 rings (SSSR count). The van der Waals surface area contributed by atoms with Gasteiger partial charge in [0.05, 0.1) is 0 Å². The summed E-state index contributed by atoms with van der Waals surface area (Å²) in [5.41, 5.74) is 1.26. The molecule has 7 nitrogen and oxygen atoms in total. The lowest BCUT2D eigenvalue weighted by Gasteiger charge is -2.08. The van der Waals surface area contributed by atoms with E-state index in [1.165, 1.54) is 6.92 Å². The maximum atomic E-state index is 12.0. The van der Waals surface area contributed by atoms with Gasteiger partial charge in [-0.1, -0.05) is 12.1 Å². The molecule has 7 heteroatoms. The molecule has 1 unspecified atom stereocenters. The minimum Gasteiger partial charge on any atom is -0.326 e. The molecular formula is C14H14N2O5. The SMILES string of the molecule is CC(=O)Nc1ccc(CC(=O)C2CC(=O)N(O)C2=O)cc1. The van der Waals surface area contributed by atoms with Crippen LogP contribution in [0.3, 0.4) is 0 Å². The van der Waals surface area contributed by atoms with Crippen LogP contribution in [0.15, 0.2) is 24.3 Å². The van der Waals surface area contributed by atoms with Crippen molar-refractivity contribution in [2.24, 2.45) is 5.92 Å². The normalized spacial score (nSPS) is 18.0. The van der Waals surface area contributed by atoms with E-state index in [4.69, 9.17) is 5.21 Å². The zero-order valence-corrected chi connectivity index (χ0v) is 11.3. The van der Waals surface area contributed by atoms with Gasteiger partial charge in [-0.05, 0) is 17.7 Å². The molecule has 2 N–H and O–H groups in total. The summed E-state index contributed by atoms with van der Waals surface area (Å²) in [5, 5.41) is 11.7. The van der Waals surface area contributed by atoms with Crippen molar-refractivity contribution < 1.29 is 24.4 Å². The van der Waals surface area contributed by atoms with Gasteiger partial charge >= 0.3 is 0 Å². The van der Waals surface area contributed by atoms with Crippen molar-refractivity contribution in [3.63, 3.8) is 0 Å². The molecule has 1 aliphatic heterocycles. The van der Waals surface area contributed by atoms with Crippen LogP contribution in [0.4, 0.5) is 5.69 Å². The molecule has 1 heterocycles. The molecule has 1 saturated heterocycles. The molecule has 0 radical (unpaired) electrons. The number of rotatable bonds is 4. The number of anilines is 1. The van der Waals surface area contributed by atoms with E-state index in [2.05, 4.69) is 5.32 Å². The van der Waals surface area contributed by atoms with Crippen LogP contribution in [0.2, 0.25) is 0 Å². The molecule has 1 aromatic rings. The zero-order chi connectivity index (χ0) is 15.6. The molecule has 21 heavy (non-hydrogen) atoms. The molecule has 0 saturated carbocycles. The lowest BCUT2D eigenvalue weighted by atomic mass is 9.96. The third-order valence-electron chi connectivity index (χ3n) is 3.16. The average molecular weight is 290 g/mol. The Kier molecular flexibility index (Phi) is 4.13. The monoisotopic (exact) mass is 290 g/mol. The van der Waals surface area contributed by atoms with E-state index in [0.717, 1.165) is 0 Å². The quantitative estimate of drug-likeness (QED) is 0.478. The minimum absolute atomic E-state index is 0.00243. The van der Waals surface area contributed by atoms with Crippen LogP contribution in [0.25, 0.3) is 0 Å². The molecule has 0 aromatic heterocycles. The van der Waals surface area contributed by atoms with Crippen LogP contribution in [-0.4, -0.2) is 33.8 Å². The number of ketones is 1. The molecule has 1 atom stereocenters. The number of amides is 3. The Labute approximate surface area is 120 Å². The molecule has 3 amide bonds. The third kappa shape index (κ3) is 3.32. The predicted molar refractivity (Wildman–Crippen MR) is 71.2 cm³/mol. The van der Waals surface area contributed by atoms with Crippen molar-refractivity contribution in [3.05, 3.63) is 29.8 Å². The fourth-order valence-corrected chi connectivity index (χ4v) is 2.10. The van der Waals surface area contributed by atoms with Crippen molar-refractivity contribution in [1.82, 2.24) is 5.06 Å². The second kappa shape index (κ2) is 5.84. The fraction of sp³-hybridized carbons (Fsp3) is 0.286. The van der Waals surface area contributed by atoms with Crippen molar-refractivity contribution >= 4 is 29.2 Å². The van der Waals surface area contributed by atoms with Gasteiger partial charge < -0.3 is 5.32 Å². The van der Waals surface area contributed by atoms with E-state index in [9.17, 15) is 19.2 Å². The molecule has 0 aliphatic carbocycles. The largest absolute Gasteiger partial charge is 0.326 e. The topological polar surface area (TPSA) is 104 Å². The third-order valence-corrected chi connectivity index (χ3v) is 3.16. The second-order valence-corrected chi connectivity index (χ2v) is 4.82. The highest BCUT2D eigenvalue weighted by atomic mass is 16.5. The number of nitrogens with one attached hydrogen (secondary N) is 1. The molecule has 110 valence electrons. The number of carbonyl (C=O) groups is 4. The van der Waals surface area contributed by atoms with Gasteiger partial charge in [0, 0.05) is 25.5 Å². The Morgan fingerprint density at radius 3 is 2.38 bits per heavy atom. The number of hydroxylamine groups is 2. The first-order chi connectivity index (χ1) is 9.88. The Morgan fingerprint density at radius 2 is 1.90 bits per heavy atom. The molecule has 1 aliphatic rings. The molecule has 1 aromatic carbocycles. The smallest absolute Gasteiger partial charge is 0.264 e. The van der Waals surface area contributed by atoms with Gasteiger partial charge in [-0.25, -0.2) is 0 Å². The van der Waals surface area contributed by atoms with Crippen molar-refractivity contribution in [3.8, 4) is 0 Å². The Hall–Kier alpha value is -2.54. The summed E-state index contributed by atoms with van der Waals surface area (Å²) in [6.45, 7) is 1.39. The highest BCUT2D eigenvalue weighted by Crippen LogP contribution is 2.21. The van der Waals surface area contributed by atoms with E-state index in [1.54, 1.807) is 24.3 Å². The Morgan fingerprint density at radius 1 is 1.29 bits per heavy atom. The summed E-state index contributed by atoms with van der Waals surface area (Å²) in [7, 11) is 0. The molecule has 0 bridgehead atoms. The first-order valence-corrected chi connectivity index (χ1v) is 6.33. The lowest BCUT2D eigenvalue weighted by molar-refractivity contribution is -0.172. The van der Waals surface area contributed by atoms with Crippen molar-refractivity contribution in [2.45, 2.75) is 19.8 Å². The van der Waals surface area contributed by atoms with Crippen LogP contribution >= 0.6 is 0 Å². The predicted octanol–water partition coefficient (Wildman–Crippen LogP) is 0.521. The maximum absolute atomic E-state index is 12.0. The maximum Gasteiger partial charge on any atom is 0.264 e. The summed E-state index contributed by atoms with van der Waals surface area (Å²) in [5.74, 6) is -3.37. The van der Waals surface area contributed by atoms with Crippen LogP contribution < -0.4 is 5.32 Å². The van der Waals surface area contributed by atoms with Crippen molar-refractivity contribution in [2.75, 3.05) is 5.32 Å². The van der Waals surface area contributed by atoms with Gasteiger partial charge in [-0.2, -0.15) is 5.06 Å². The first-order valence-electron chi connectivity index (χ1n) is 6.33. The number of hydrogen-bond acceptors (Lipinski definition) is 5. The minimum atomic E-state index is -1.11. The van der Waals surface area contributed by atoms with Crippen LogP contribution in [0, 0.1) is 5.92 Å². The highest BCUT2D eigenvalue weighted by Gasteiger charge is 2.42. The van der Waals surface area contributed by atoms with Gasteiger partial charge in [0.25, 0.3) is 11.8 Å². The summed E-state index contributed by atoms with van der Waals surface area (Å²) in [6.07, 6.45) is -0.310. The summed E-state index contributed by atoms with van der Waals surface area (Å²) < 4.78 is 0. The van der Waals surface area contributed by atoms with E-state index in [0.29, 0.717) is 11.3 Å². The van der Waals surface area contributed by atoms with Crippen LogP contribution in [-0.2, 0) is 25.6 Å². The van der Waals surface area contributed by atoms with E-state index in [1.807, 2.05) is 0 Å². The number of carbonyl (C=O) groups excluding carboxylic acids is 4. The lowest BCUT2D eigenvalue weighted by Crippen LogP contribution is -2.29. The number of imide groups is 1.